The molecule has 0 saturated carbocycles. The van der Waals surface area contributed by atoms with E-state index in [1.807, 2.05) is 18.7 Å². The van der Waals surface area contributed by atoms with Crippen LogP contribution in [-0.2, 0) is 6.54 Å². The molecule has 0 aromatic carbocycles. The highest BCUT2D eigenvalue weighted by Gasteiger charge is 2.15. The van der Waals surface area contributed by atoms with Gasteiger partial charge >= 0.3 is 0 Å². The van der Waals surface area contributed by atoms with E-state index in [2.05, 4.69) is 10.3 Å². The summed E-state index contributed by atoms with van der Waals surface area (Å²) in [5.41, 5.74) is -0.0204. The number of rotatable bonds is 4. The summed E-state index contributed by atoms with van der Waals surface area (Å²) in [6.45, 7) is 3.49. The second-order valence-electron chi connectivity index (χ2n) is 3.88. The molecule has 0 radical (unpaired) electrons. The highest BCUT2D eigenvalue weighted by molar-refractivity contribution is 8.00. The molecule has 0 bridgehead atoms. The minimum Gasteiger partial charge on any atom is -0.364 e. The van der Waals surface area contributed by atoms with Gasteiger partial charge in [-0.25, -0.2) is 4.98 Å². The highest BCUT2D eigenvalue weighted by Crippen LogP contribution is 2.25. The van der Waals surface area contributed by atoms with E-state index >= 15 is 0 Å². The van der Waals surface area contributed by atoms with Gasteiger partial charge in [0.1, 0.15) is 0 Å². The molecule has 4 nitrogen and oxygen atoms in total. The van der Waals surface area contributed by atoms with Crippen LogP contribution in [0, 0.1) is 0 Å². The van der Waals surface area contributed by atoms with Gasteiger partial charge < -0.3 is 9.88 Å². The molecule has 1 aromatic rings. The number of hydrogen-bond acceptors (Lipinski definition) is 4. The van der Waals surface area contributed by atoms with Gasteiger partial charge in [0.15, 0.2) is 5.82 Å². The average molecular weight is 239 g/mol. The third-order valence-corrected chi connectivity index (χ3v) is 4.17. The smallest absolute Gasteiger partial charge is 0.293 e. The van der Waals surface area contributed by atoms with Gasteiger partial charge in [-0.3, -0.25) is 4.79 Å². The Morgan fingerprint density at radius 1 is 1.69 bits per heavy atom. The molecular weight excluding hydrogens is 222 g/mol. The van der Waals surface area contributed by atoms with Crippen molar-refractivity contribution in [3.8, 4) is 0 Å². The Morgan fingerprint density at radius 2 is 2.56 bits per heavy atom. The van der Waals surface area contributed by atoms with Gasteiger partial charge in [0.2, 0.25) is 0 Å². The Kier molecular flexibility index (Phi) is 3.88. The molecule has 2 heterocycles. The van der Waals surface area contributed by atoms with Crippen LogP contribution in [0.15, 0.2) is 17.2 Å². The van der Waals surface area contributed by atoms with Crippen molar-refractivity contribution in [2.24, 2.45) is 0 Å². The van der Waals surface area contributed by atoms with Crippen molar-refractivity contribution < 1.29 is 0 Å². The molecule has 0 aliphatic carbocycles. The first kappa shape index (κ1) is 11.5. The minimum atomic E-state index is -0.0204. The van der Waals surface area contributed by atoms with Crippen LogP contribution in [0.3, 0.4) is 0 Å². The van der Waals surface area contributed by atoms with E-state index in [4.69, 9.17) is 0 Å². The topological polar surface area (TPSA) is 46.9 Å². The zero-order valence-electron chi connectivity index (χ0n) is 9.48. The third-order valence-electron chi connectivity index (χ3n) is 2.78. The van der Waals surface area contributed by atoms with Crippen LogP contribution in [0.5, 0.6) is 0 Å². The number of aromatic nitrogens is 2. The molecular formula is C11H17N3OS. The van der Waals surface area contributed by atoms with Crippen LogP contribution in [-0.4, -0.2) is 27.1 Å². The van der Waals surface area contributed by atoms with Gasteiger partial charge in [-0.1, -0.05) is 0 Å². The number of nitrogens with one attached hydrogen (secondary N) is 1. The molecule has 1 fully saturated rings. The fourth-order valence-corrected chi connectivity index (χ4v) is 3.03. The maximum absolute atomic E-state index is 11.8. The van der Waals surface area contributed by atoms with Crippen LogP contribution < -0.4 is 10.9 Å². The van der Waals surface area contributed by atoms with Crippen LogP contribution >= 0.6 is 11.8 Å². The Hall–Kier alpha value is -0.970. The lowest BCUT2D eigenvalue weighted by Crippen LogP contribution is -2.26. The Bertz CT molecular complexity index is 398. The number of anilines is 1. The van der Waals surface area contributed by atoms with Crippen molar-refractivity contribution in [2.75, 3.05) is 17.6 Å². The Labute approximate surface area is 99.5 Å². The zero-order valence-corrected chi connectivity index (χ0v) is 10.3. The van der Waals surface area contributed by atoms with Gasteiger partial charge in [0.05, 0.1) is 0 Å². The molecule has 1 atom stereocenters. The fourth-order valence-electron chi connectivity index (χ4n) is 1.83. The third kappa shape index (κ3) is 2.58. The predicted octanol–water partition coefficient (Wildman–Crippen LogP) is 1.57. The lowest BCUT2D eigenvalue weighted by molar-refractivity contribution is 0.716. The van der Waals surface area contributed by atoms with Gasteiger partial charge in [-0.2, -0.15) is 11.8 Å². The SMILES string of the molecule is CCn1ccnc(NCC2CCCS2)c1=O. The normalized spacial score (nSPS) is 19.9. The number of aryl methyl sites for hydroxylation is 1. The van der Waals surface area contributed by atoms with Gasteiger partial charge in [-0.05, 0) is 25.5 Å². The molecule has 0 spiro atoms. The summed E-state index contributed by atoms with van der Waals surface area (Å²) in [6, 6.07) is 0. The molecule has 0 amide bonds. The molecule has 1 aliphatic heterocycles. The average Bonchev–Trinajstić information content (AvgIpc) is 2.81. The molecule has 1 aromatic heterocycles. The van der Waals surface area contributed by atoms with Crippen molar-refractivity contribution in [1.82, 2.24) is 9.55 Å². The first-order chi connectivity index (χ1) is 7.81. The van der Waals surface area contributed by atoms with Crippen molar-refractivity contribution in [3.63, 3.8) is 0 Å². The van der Waals surface area contributed by atoms with E-state index in [1.165, 1.54) is 18.6 Å². The molecule has 2 rings (SSSR count). The van der Waals surface area contributed by atoms with Gasteiger partial charge in [0, 0.05) is 30.7 Å². The second-order valence-corrected chi connectivity index (χ2v) is 5.29. The zero-order chi connectivity index (χ0) is 11.4. The summed E-state index contributed by atoms with van der Waals surface area (Å²) in [5.74, 6) is 1.73. The van der Waals surface area contributed by atoms with E-state index in [-0.39, 0.29) is 5.56 Å². The fraction of sp³-hybridized carbons (Fsp3) is 0.636. The summed E-state index contributed by atoms with van der Waals surface area (Å²) in [6.07, 6.45) is 5.93. The first-order valence-corrected chi connectivity index (χ1v) is 6.77. The molecule has 16 heavy (non-hydrogen) atoms. The summed E-state index contributed by atoms with van der Waals surface area (Å²) in [7, 11) is 0. The Morgan fingerprint density at radius 3 is 3.25 bits per heavy atom. The summed E-state index contributed by atoms with van der Waals surface area (Å²) in [5, 5.41) is 3.80. The van der Waals surface area contributed by atoms with Crippen LogP contribution in [0.2, 0.25) is 0 Å². The second kappa shape index (κ2) is 5.39. The molecule has 1 saturated heterocycles. The molecule has 88 valence electrons. The molecule has 1 unspecified atom stereocenters. The number of thioether (sulfide) groups is 1. The quantitative estimate of drug-likeness (QED) is 0.866. The minimum absolute atomic E-state index is 0.0204. The maximum atomic E-state index is 11.8. The standard InChI is InChI=1S/C11H17N3OS/c1-2-14-6-5-12-10(11(14)15)13-8-9-4-3-7-16-9/h5-6,9H,2-4,7-8H2,1H3,(H,12,13). The Balaban J connectivity index is 2.00. The van der Waals surface area contributed by atoms with Gasteiger partial charge in [-0.15, -0.1) is 0 Å². The largest absolute Gasteiger partial charge is 0.364 e. The lowest BCUT2D eigenvalue weighted by Gasteiger charge is -2.11. The summed E-state index contributed by atoms with van der Waals surface area (Å²) < 4.78 is 1.66. The lowest BCUT2D eigenvalue weighted by atomic mass is 10.2. The first-order valence-electron chi connectivity index (χ1n) is 5.72. The highest BCUT2D eigenvalue weighted by atomic mass is 32.2. The van der Waals surface area contributed by atoms with Crippen molar-refractivity contribution in [2.45, 2.75) is 31.6 Å². The van der Waals surface area contributed by atoms with Crippen molar-refractivity contribution >= 4 is 17.6 Å². The maximum Gasteiger partial charge on any atom is 0.293 e. The molecule has 5 heteroatoms. The number of nitrogens with zero attached hydrogens (tertiary/aromatic N) is 2. The predicted molar refractivity (Wildman–Crippen MR) is 68.1 cm³/mol. The number of hydrogen-bond donors (Lipinski definition) is 1. The summed E-state index contributed by atoms with van der Waals surface area (Å²) >= 11 is 1.98. The van der Waals surface area contributed by atoms with E-state index in [0.29, 0.717) is 17.6 Å². The van der Waals surface area contributed by atoms with Gasteiger partial charge in [0.25, 0.3) is 5.56 Å². The van der Waals surface area contributed by atoms with E-state index in [0.717, 1.165) is 6.54 Å². The van der Waals surface area contributed by atoms with E-state index < -0.39 is 0 Å². The van der Waals surface area contributed by atoms with Crippen LogP contribution in [0.1, 0.15) is 19.8 Å². The molecule has 1 aliphatic rings. The summed E-state index contributed by atoms with van der Waals surface area (Å²) in [4.78, 5) is 15.9. The monoisotopic (exact) mass is 239 g/mol. The van der Waals surface area contributed by atoms with Crippen molar-refractivity contribution in [3.05, 3.63) is 22.7 Å². The van der Waals surface area contributed by atoms with Crippen LogP contribution in [0.25, 0.3) is 0 Å². The van der Waals surface area contributed by atoms with E-state index in [1.54, 1.807) is 17.0 Å². The van der Waals surface area contributed by atoms with Crippen LogP contribution in [0.4, 0.5) is 5.82 Å². The van der Waals surface area contributed by atoms with Crippen molar-refractivity contribution in [1.29, 1.82) is 0 Å². The van der Waals surface area contributed by atoms with E-state index in [9.17, 15) is 4.79 Å². The molecule has 1 N–H and O–H groups in total.